The SMILES string of the molecule is CCCN(C(=O)NC(COC)C(=O)O)C(C)C. The van der Waals surface area contributed by atoms with Crippen LogP contribution in [0.15, 0.2) is 0 Å². The highest BCUT2D eigenvalue weighted by atomic mass is 16.5. The molecule has 1 atom stereocenters. The monoisotopic (exact) mass is 246 g/mol. The predicted molar refractivity (Wildman–Crippen MR) is 64.0 cm³/mol. The van der Waals surface area contributed by atoms with Crippen molar-refractivity contribution in [3.8, 4) is 0 Å². The number of carboxylic acids is 1. The highest BCUT2D eigenvalue weighted by Crippen LogP contribution is 2.01. The van der Waals surface area contributed by atoms with Gasteiger partial charge in [0, 0.05) is 19.7 Å². The molecular weight excluding hydrogens is 224 g/mol. The molecule has 0 saturated carbocycles. The minimum Gasteiger partial charge on any atom is -0.480 e. The van der Waals surface area contributed by atoms with E-state index < -0.39 is 12.0 Å². The van der Waals surface area contributed by atoms with Crippen molar-refractivity contribution in [1.29, 1.82) is 0 Å². The second-order valence-corrected chi connectivity index (χ2v) is 4.08. The minimum atomic E-state index is -1.10. The van der Waals surface area contributed by atoms with Gasteiger partial charge < -0.3 is 20.1 Å². The van der Waals surface area contributed by atoms with Crippen LogP contribution in [0.25, 0.3) is 0 Å². The van der Waals surface area contributed by atoms with E-state index in [1.54, 1.807) is 4.90 Å². The van der Waals surface area contributed by atoms with Gasteiger partial charge in [-0.3, -0.25) is 0 Å². The second kappa shape index (κ2) is 7.89. The summed E-state index contributed by atoms with van der Waals surface area (Å²) in [5, 5.41) is 11.3. The highest BCUT2D eigenvalue weighted by molar-refractivity contribution is 5.82. The maximum absolute atomic E-state index is 11.9. The van der Waals surface area contributed by atoms with Crippen molar-refractivity contribution in [1.82, 2.24) is 10.2 Å². The zero-order valence-electron chi connectivity index (χ0n) is 10.9. The van der Waals surface area contributed by atoms with Crippen molar-refractivity contribution >= 4 is 12.0 Å². The van der Waals surface area contributed by atoms with E-state index in [1.165, 1.54) is 7.11 Å². The molecular formula is C11H22N2O4. The fraction of sp³-hybridized carbons (Fsp3) is 0.818. The molecule has 0 aliphatic heterocycles. The van der Waals surface area contributed by atoms with E-state index in [4.69, 9.17) is 9.84 Å². The summed E-state index contributed by atoms with van der Waals surface area (Å²) in [6.07, 6.45) is 0.827. The Balaban J connectivity index is 4.50. The van der Waals surface area contributed by atoms with E-state index in [1.807, 2.05) is 20.8 Å². The number of carbonyl (C=O) groups is 2. The number of carbonyl (C=O) groups excluding carboxylic acids is 1. The summed E-state index contributed by atoms with van der Waals surface area (Å²) >= 11 is 0. The molecule has 0 spiro atoms. The second-order valence-electron chi connectivity index (χ2n) is 4.08. The van der Waals surface area contributed by atoms with Crippen LogP contribution in [0.3, 0.4) is 0 Å². The molecule has 6 nitrogen and oxygen atoms in total. The molecule has 0 bridgehead atoms. The van der Waals surface area contributed by atoms with E-state index in [2.05, 4.69) is 5.32 Å². The van der Waals surface area contributed by atoms with Crippen molar-refractivity contribution in [2.24, 2.45) is 0 Å². The molecule has 0 heterocycles. The number of urea groups is 1. The van der Waals surface area contributed by atoms with E-state index in [0.717, 1.165) is 6.42 Å². The molecule has 0 rings (SSSR count). The lowest BCUT2D eigenvalue weighted by Crippen LogP contribution is -2.51. The number of ether oxygens (including phenoxy) is 1. The van der Waals surface area contributed by atoms with Crippen molar-refractivity contribution in [3.63, 3.8) is 0 Å². The lowest BCUT2D eigenvalue weighted by atomic mass is 10.3. The summed E-state index contributed by atoms with van der Waals surface area (Å²) in [6.45, 7) is 6.30. The van der Waals surface area contributed by atoms with Gasteiger partial charge >= 0.3 is 12.0 Å². The van der Waals surface area contributed by atoms with Gasteiger partial charge in [-0.2, -0.15) is 0 Å². The summed E-state index contributed by atoms with van der Waals surface area (Å²) in [5.41, 5.74) is 0. The molecule has 0 aromatic heterocycles. The Kier molecular flexibility index (Phi) is 7.29. The number of hydrogen-bond acceptors (Lipinski definition) is 3. The first-order chi connectivity index (χ1) is 7.93. The molecule has 17 heavy (non-hydrogen) atoms. The molecule has 100 valence electrons. The number of amides is 2. The van der Waals surface area contributed by atoms with Crippen LogP contribution >= 0.6 is 0 Å². The van der Waals surface area contributed by atoms with Gasteiger partial charge in [0.25, 0.3) is 0 Å². The molecule has 0 radical (unpaired) electrons. The van der Waals surface area contributed by atoms with Gasteiger partial charge in [-0.15, -0.1) is 0 Å². The third-order valence-corrected chi connectivity index (χ3v) is 2.28. The average Bonchev–Trinajstić information content (AvgIpc) is 2.24. The summed E-state index contributed by atoms with van der Waals surface area (Å²) in [4.78, 5) is 24.3. The molecule has 2 N–H and O–H groups in total. The van der Waals surface area contributed by atoms with Crippen molar-refractivity contribution in [2.75, 3.05) is 20.3 Å². The van der Waals surface area contributed by atoms with Gasteiger partial charge in [0.05, 0.1) is 6.61 Å². The van der Waals surface area contributed by atoms with E-state index in [9.17, 15) is 9.59 Å². The topological polar surface area (TPSA) is 78.9 Å². The summed E-state index contributed by atoms with van der Waals surface area (Å²) in [7, 11) is 1.40. The van der Waals surface area contributed by atoms with E-state index >= 15 is 0 Å². The maximum Gasteiger partial charge on any atom is 0.328 e. The fourth-order valence-electron chi connectivity index (χ4n) is 1.41. The zero-order chi connectivity index (χ0) is 13.4. The van der Waals surface area contributed by atoms with Crippen LogP contribution in [0.1, 0.15) is 27.2 Å². The number of nitrogens with zero attached hydrogens (tertiary/aromatic N) is 1. The van der Waals surface area contributed by atoms with Crippen molar-refractivity contribution in [3.05, 3.63) is 0 Å². The zero-order valence-corrected chi connectivity index (χ0v) is 10.9. The van der Waals surface area contributed by atoms with Gasteiger partial charge in [0.1, 0.15) is 0 Å². The van der Waals surface area contributed by atoms with E-state index in [0.29, 0.717) is 6.54 Å². The van der Waals surface area contributed by atoms with Crippen LogP contribution in [-0.4, -0.2) is 54.4 Å². The van der Waals surface area contributed by atoms with Crippen LogP contribution in [0.2, 0.25) is 0 Å². The van der Waals surface area contributed by atoms with Crippen LogP contribution in [0.5, 0.6) is 0 Å². The minimum absolute atomic E-state index is 0.0342. The summed E-state index contributed by atoms with van der Waals surface area (Å²) in [6, 6.07) is -1.34. The number of nitrogens with one attached hydrogen (secondary N) is 1. The third-order valence-electron chi connectivity index (χ3n) is 2.28. The van der Waals surface area contributed by atoms with Crippen LogP contribution in [0, 0.1) is 0 Å². The van der Waals surface area contributed by atoms with Crippen molar-refractivity contribution in [2.45, 2.75) is 39.3 Å². The van der Waals surface area contributed by atoms with Gasteiger partial charge in [0.15, 0.2) is 6.04 Å². The number of aliphatic carboxylic acids is 1. The Morgan fingerprint density at radius 3 is 2.35 bits per heavy atom. The normalized spacial score (nSPS) is 12.3. The quantitative estimate of drug-likeness (QED) is 0.700. The fourth-order valence-corrected chi connectivity index (χ4v) is 1.41. The largest absolute Gasteiger partial charge is 0.480 e. The molecule has 2 amide bonds. The maximum atomic E-state index is 11.9. The Morgan fingerprint density at radius 1 is 1.41 bits per heavy atom. The third kappa shape index (κ3) is 5.53. The first-order valence-corrected chi connectivity index (χ1v) is 5.72. The molecule has 0 aromatic rings. The molecule has 0 aromatic carbocycles. The molecule has 0 aliphatic rings. The number of rotatable bonds is 7. The Labute approximate surface area is 102 Å². The van der Waals surface area contributed by atoms with Crippen molar-refractivity contribution < 1.29 is 19.4 Å². The Hall–Kier alpha value is -1.30. The highest BCUT2D eigenvalue weighted by Gasteiger charge is 2.23. The van der Waals surface area contributed by atoms with Gasteiger partial charge in [-0.1, -0.05) is 6.92 Å². The molecule has 0 saturated heterocycles. The van der Waals surface area contributed by atoms with Crippen LogP contribution in [-0.2, 0) is 9.53 Å². The first kappa shape index (κ1) is 15.7. The van der Waals surface area contributed by atoms with Gasteiger partial charge in [-0.25, -0.2) is 9.59 Å². The first-order valence-electron chi connectivity index (χ1n) is 5.72. The van der Waals surface area contributed by atoms with Gasteiger partial charge in [0.2, 0.25) is 0 Å². The average molecular weight is 246 g/mol. The molecule has 1 unspecified atom stereocenters. The van der Waals surface area contributed by atoms with E-state index in [-0.39, 0.29) is 18.7 Å². The Bertz CT molecular complexity index is 256. The predicted octanol–water partition coefficient (Wildman–Crippen LogP) is 0.916. The lowest BCUT2D eigenvalue weighted by molar-refractivity contribution is -0.140. The summed E-state index contributed by atoms with van der Waals surface area (Å²) < 4.78 is 4.75. The lowest BCUT2D eigenvalue weighted by Gasteiger charge is -2.28. The molecule has 0 aliphatic carbocycles. The number of hydrogen-bond donors (Lipinski definition) is 2. The van der Waals surface area contributed by atoms with Gasteiger partial charge in [-0.05, 0) is 20.3 Å². The van der Waals surface area contributed by atoms with Crippen LogP contribution in [0.4, 0.5) is 4.79 Å². The standard InChI is InChI=1S/C11H22N2O4/c1-5-6-13(8(2)3)11(16)12-9(7-17-4)10(14)15/h8-9H,5-7H2,1-4H3,(H,12,16)(H,14,15). The number of methoxy groups -OCH3 is 1. The summed E-state index contributed by atoms with van der Waals surface area (Å²) in [5.74, 6) is -1.10. The van der Waals surface area contributed by atoms with Crippen LogP contribution < -0.4 is 5.32 Å². The number of carboxylic acid groups (broad SMARTS) is 1. The Morgan fingerprint density at radius 2 is 2.00 bits per heavy atom. The smallest absolute Gasteiger partial charge is 0.328 e. The molecule has 6 heteroatoms. The molecule has 0 fully saturated rings.